The van der Waals surface area contributed by atoms with E-state index in [0.717, 1.165) is 37.1 Å². The first kappa shape index (κ1) is 15.9. The molecule has 23 heavy (non-hydrogen) atoms. The molecule has 3 rings (SSSR count). The number of hydrogen-bond acceptors (Lipinski definition) is 7. The standard InChI is InChI=1S/C16H22N4O3/c21-11-12(22)5-10-23-15-13-3-1-2-4-14(13)18-16(19-15)20-8-6-17-7-9-20/h1-4,12,17,21-22H,5-11H2/t12-/m1/s1. The second kappa shape index (κ2) is 7.54. The van der Waals surface area contributed by atoms with Gasteiger partial charge in [-0.05, 0) is 12.1 Å². The Morgan fingerprint density at radius 1 is 1.22 bits per heavy atom. The van der Waals surface area contributed by atoms with Crippen molar-refractivity contribution in [3.05, 3.63) is 24.3 Å². The number of aromatic nitrogens is 2. The van der Waals surface area contributed by atoms with Crippen molar-refractivity contribution >= 4 is 16.9 Å². The lowest BCUT2D eigenvalue weighted by Gasteiger charge is -2.27. The summed E-state index contributed by atoms with van der Waals surface area (Å²) in [4.78, 5) is 11.3. The van der Waals surface area contributed by atoms with E-state index in [-0.39, 0.29) is 6.61 Å². The highest BCUT2D eigenvalue weighted by Gasteiger charge is 2.16. The maximum absolute atomic E-state index is 9.43. The summed E-state index contributed by atoms with van der Waals surface area (Å²) in [5.74, 6) is 1.19. The maximum Gasteiger partial charge on any atom is 0.229 e. The molecule has 7 heteroatoms. The van der Waals surface area contributed by atoms with Gasteiger partial charge in [-0.1, -0.05) is 12.1 Å². The molecule has 0 aliphatic carbocycles. The Morgan fingerprint density at radius 2 is 2.00 bits per heavy atom. The number of piperazine rings is 1. The molecule has 1 fully saturated rings. The molecule has 1 aromatic heterocycles. The van der Waals surface area contributed by atoms with Gasteiger partial charge in [-0.25, -0.2) is 4.98 Å². The number of benzene rings is 1. The van der Waals surface area contributed by atoms with Gasteiger partial charge in [-0.3, -0.25) is 0 Å². The number of hydrogen-bond donors (Lipinski definition) is 3. The number of anilines is 1. The van der Waals surface area contributed by atoms with Gasteiger partial charge in [0, 0.05) is 32.6 Å². The zero-order valence-electron chi connectivity index (χ0n) is 13.0. The largest absolute Gasteiger partial charge is 0.477 e. The minimum absolute atomic E-state index is 0.264. The van der Waals surface area contributed by atoms with E-state index in [0.29, 0.717) is 24.9 Å². The average Bonchev–Trinajstić information content (AvgIpc) is 2.62. The van der Waals surface area contributed by atoms with Crippen molar-refractivity contribution < 1.29 is 14.9 Å². The summed E-state index contributed by atoms with van der Waals surface area (Å²) in [5, 5.41) is 22.5. The fourth-order valence-electron chi connectivity index (χ4n) is 2.53. The molecule has 1 aromatic carbocycles. The summed E-state index contributed by atoms with van der Waals surface area (Å²) in [6.45, 7) is 3.58. The van der Waals surface area contributed by atoms with Gasteiger partial charge in [-0.2, -0.15) is 4.98 Å². The van der Waals surface area contributed by atoms with Gasteiger partial charge >= 0.3 is 0 Å². The highest BCUT2D eigenvalue weighted by molar-refractivity contribution is 5.84. The summed E-state index contributed by atoms with van der Waals surface area (Å²) >= 11 is 0. The van der Waals surface area contributed by atoms with Crippen LogP contribution in [0.4, 0.5) is 5.95 Å². The van der Waals surface area contributed by atoms with Crippen molar-refractivity contribution in [1.82, 2.24) is 15.3 Å². The zero-order valence-corrected chi connectivity index (χ0v) is 13.0. The number of para-hydroxylation sites is 1. The van der Waals surface area contributed by atoms with E-state index in [1.165, 1.54) is 0 Å². The van der Waals surface area contributed by atoms with Crippen LogP contribution in [0, 0.1) is 0 Å². The monoisotopic (exact) mass is 318 g/mol. The van der Waals surface area contributed by atoms with Crippen molar-refractivity contribution in [2.45, 2.75) is 12.5 Å². The van der Waals surface area contributed by atoms with Crippen molar-refractivity contribution in [3.8, 4) is 5.88 Å². The topological polar surface area (TPSA) is 90.7 Å². The number of nitrogens with zero attached hydrogens (tertiary/aromatic N) is 3. The summed E-state index contributed by atoms with van der Waals surface area (Å²) < 4.78 is 5.76. The molecule has 1 aliphatic heterocycles. The van der Waals surface area contributed by atoms with Gasteiger partial charge in [0.05, 0.1) is 30.2 Å². The van der Waals surface area contributed by atoms with Gasteiger partial charge in [0.15, 0.2) is 0 Å². The molecular weight excluding hydrogens is 296 g/mol. The van der Waals surface area contributed by atoms with E-state index < -0.39 is 6.10 Å². The number of aliphatic hydroxyl groups is 2. The molecule has 0 amide bonds. The molecular formula is C16H22N4O3. The highest BCUT2D eigenvalue weighted by atomic mass is 16.5. The SMILES string of the molecule is OC[C@H](O)CCOc1nc(N2CCNCC2)nc2ccccc12. The fourth-order valence-corrected chi connectivity index (χ4v) is 2.53. The summed E-state index contributed by atoms with van der Waals surface area (Å²) in [7, 11) is 0. The molecule has 1 saturated heterocycles. The van der Waals surface area contributed by atoms with Crippen LogP contribution in [-0.2, 0) is 0 Å². The first-order valence-electron chi connectivity index (χ1n) is 7.92. The first-order valence-corrected chi connectivity index (χ1v) is 7.92. The number of aliphatic hydroxyl groups excluding tert-OH is 2. The zero-order chi connectivity index (χ0) is 16.1. The van der Waals surface area contributed by atoms with Crippen molar-refractivity contribution in [2.24, 2.45) is 0 Å². The summed E-state index contributed by atoms with van der Waals surface area (Å²) in [6, 6.07) is 7.73. The number of fused-ring (bicyclic) bond motifs is 1. The van der Waals surface area contributed by atoms with Crippen molar-refractivity contribution in [2.75, 3.05) is 44.3 Å². The van der Waals surface area contributed by atoms with Crippen LogP contribution in [0.3, 0.4) is 0 Å². The smallest absolute Gasteiger partial charge is 0.229 e. The molecule has 2 aromatic rings. The van der Waals surface area contributed by atoms with Crippen LogP contribution in [0.2, 0.25) is 0 Å². The second-order valence-corrected chi connectivity index (χ2v) is 5.56. The van der Waals surface area contributed by atoms with Crippen LogP contribution in [0.5, 0.6) is 5.88 Å². The molecule has 124 valence electrons. The van der Waals surface area contributed by atoms with Crippen LogP contribution in [0.25, 0.3) is 10.9 Å². The molecule has 1 aliphatic rings. The van der Waals surface area contributed by atoms with E-state index in [1.54, 1.807) is 0 Å². The number of nitrogens with one attached hydrogen (secondary N) is 1. The normalized spacial score (nSPS) is 16.5. The third kappa shape index (κ3) is 3.87. The molecule has 3 N–H and O–H groups in total. The number of rotatable bonds is 6. The van der Waals surface area contributed by atoms with Gasteiger partial charge in [0.1, 0.15) is 0 Å². The highest BCUT2D eigenvalue weighted by Crippen LogP contribution is 2.25. The van der Waals surface area contributed by atoms with Crippen LogP contribution >= 0.6 is 0 Å². The van der Waals surface area contributed by atoms with Gasteiger partial charge < -0.3 is 25.2 Å². The molecule has 0 radical (unpaired) electrons. The second-order valence-electron chi connectivity index (χ2n) is 5.56. The van der Waals surface area contributed by atoms with Crippen molar-refractivity contribution in [1.29, 1.82) is 0 Å². The van der Waals surface area contributed by atoms with Crippen molar-refractivity contribution in [3.63, 3.8) is 0 Å². The van der Waals surface area contributed by atoms with Crippen LogP contribution in [0.15, 0.2) is 24.3 Å². The molecule has 7 nitrogen and oxygen atoms in total. The Balaban J connectivity index is 1.84. The minimum Gasteiger partial charge on any atom is -0.477 e. The van der Waals surface area contributed by atoms with Crippen LogP contribution < -0.4 is 15.0 Å². The predicted octanol–water partition coefficient (Wildman–Crippen LogP) is 0.162. The van der Waals surface area contributed by atoms with E-state index in [9.17, 15) is 5.11 Å². The molecule has 1 atom stereocenters. The lowest BCUT2D eigenvalue weighted by atomic mass is 10.2. The number of ether oxygens (including phenoxy) is 1. The Bertz CT molecular complexity index is 646. The Kier molecular flexibility index (Phi) is 5.22. The lowest BCUT2D eigenvalue weighted by Crippen LogP contribution is -2.44. The molecule has 0 bridgehead atoms. The molecule has 2 heterocycles. The van der Waals surface area contributed by atoms with E-state index in [4.69, 9.17) is 9.84 Å². The van der Waals surface area contributed by atoms with Crippen LogP contribution in [-0.4, -0.2) is 65.7 Å². The van der Waals surface area contributed by atoms with Crippen LogP contribution in [0.1, 0.15) is 6.42 Å². The molecule has 0 unspecified atom stereocenters. The van der Waals surface area contributed by atoms with E-state index >= 15 is 0 Å². The lowest BCUT2D eigenvalue weighted by molar-refractivity contribution is 0.0750. The quantitative estimate of drug-likeness (QED) is 0.699. The van der Waals surface area contributed by atoms with Gasteiger partial charge in [0.2, 0.25) is 11.8 Å². The van der Waals surface area contributed by atoms with Gasteiger partial charge in [0.25, 0.3) is 0 Å². The average molecular weight is 318 g/mol. The third-order valence-electron chi connectivity index (χ3n) is 3.86. The Morgan fingerprint density at radius 3 is 2.78 bits per heavy atom. The fraction of sp³-hybridized carbons (Fsp3) is 0.500. The minimum atomic E-state index is -0.768. The molecule has 0 saturated carbocycles. The summed E-state index contributed by atoms with van der Waals surface area (Å²) in [5.41, 5.74) is 0.841. The third-order valence-corrected chi connectivity index (χ3v) is 3.86. The van der Waals surface area contributed by atoms with E-state index in [2.05, 4.69) is 20.2 Å². The maximum atomic E-state index is 9.43. The van der Waals surface area contributed by atoms with Gasteiger partial charge in [-0.15, -0.1) is 0 Å². The predicted molar refractivity (Wildman–Crippen MR) is 87.8 cm³/mol. The summed E-state index contributed by atoms with van der Waals surface area (Å²) in [6.07, 6.45) is -0.409. The Labute approximate surface area is 134 Å². The first-order chi connectivity index (χ1) is 11.3. The van der Waals surface area contributed by atoms with E-state index in [1.807, 2.05) is 24.3 Å². The molecule has 0 spiro atoms. The Hall–Kier alpha value is -1.96.